The molecule has 18 heavy (non-hydrogen) atoms. The van der Waals surface area contributed by atoms with Crippen LogP contribution in [0.4, 0.5) is 13.2 Å². The monoisotopic (exact) mass is 277 g/mol. The smallest absolute Gasteiger partial charge is 0.306 e. The third kappa shape index (κ3) is 2.81. The molecule has 1 aliphatic rings. The van der Waals surface area contributed by atoms with Crippen LogP contribution in [0.2, 0.25) is 5.02 Å². The molecule has 5 heteroatoms. The lowest BCUT2D eigenvalue weighted by Gasteiger charge is -2.30. The van der Waals surface area contributed by atoms with Crippen molar-refractivity contribution in [3.8, 4) is 0 Å². The van der Waals surface area contributed by atoms with Crippen LogP contribution in [0.5, 0.6) is 0 Å². The van der Waals surface area contributed by atoms with Gasteiger partial charge in [0.1, 0.15) is 0 Å². The summed E-state index contributed by atoms with van der Waals surface area (Å²) in [5.41, 5.74) is -0.0832. The molecule has 0 saturated carbocycles. The highest BCUT2D eigenvalue weighted by Crippen LogP contribution is 2.40. The summed E-state index contributed by atoms with van der Waals surface area (Å²) in [6.07, 6.45) is -2.66. The summed E-state index contributed by atoms with van der Waals surface area (Å²) in [5, 5.41) is -0.125. The Morgan fingerprint density at radius 1 is 1.22 bits per heavy atom. The molecule has 1 aromatic carbocycles. The van der Waals surface area contributed by atoms with Gasteiger partial charge in [0.15, 0.2) is 0 Å². The molecule has 0 spiro atoms. The average molecular weight is 278 g/mol. The molecule has 2 rings (SSSR count). The molecule has 1 aromatic rings. The predicted octanol–water partition coefficient (Wildman–Crippen LogP) is 4.17. The Balaban J connectivity index is 2.29. The average Bonchev–Trinajstić information content (AvgIpc) is 2.29. The van der Waals surface area contributed by atoms with Gasteiger partial charge in [-0.05, 0) is 50.5 Å². The normalized spacial score (nSPS) is 19.2. The second kappa shape index (κ2) is 5.10. The number of nitrogens with zero attached hydrogens (tertiary/aromatic N) is 1. The van der Waals surface area contributed by atoms with Gasteiger partial charge in [-0.2, -0.15) is 13.2 Å². The number of piperidine rings is 1. The molecule has 100 valence electrons. The molecule has 1 aliphatic heterocycles. The lowest BCUT2D eigenvalue weighted by atomic mass is 9.88. The van der Waals surface area contributed by atoms with Gasteiger partial charge < -0.3 is 4.90 Å². The second-order valence-electron chi connectivity index (χ2n) is 4.78. The van der Waals surface area contributed by atoms with Crippen molar-refractivity contribution in [2.24, 2.45) is 0 Å². The maximum absolute atomic E-state index is 12.8. The van der Waals surface area contributed by atoms with Crippen molar-refractivity contribution >= 4 is 11.6 Å². The van der Waals surface area contributed by atoms with E-state index < -0.39 is 11.7 Å². The highest BCUT2D eigenvalue weighted by atomic mass is 35.5. The van der Waals surface area contributed by atoms with Crippen LogP contribution in [0, 0.1) is 0 Å². The van der Waals surface area contributed by atoms with Crippen LogP contribution in [0.25, 0.3) is 0 Å². The fourth-order valence-corrected chi connectivity index (χ4v) is 2.79. The van der Waals surface area contributed by atoms with Crippen molar-refractivity contribution in [1.82, 2.24) is 4.90 Å². The van der Waals surface area contributed by atoms with E-state index in [0.717, 1.165) is 32.0 Å². The summed E-state index contributed by atoms with van der Waals surface area (Å²) in [6, 6.07) is 4.21. The molecule has 0 unspecified atom stereocenters. The molecule has 1 fully saturated rings. The van der Waals surface area contributed by atoms with E-state index in [2.05, 4.69) is 4.90 Å². The molecule has 0 bridgehead atoms. The zero-order valence-electron chi connectivity index (χ0n) is 10.1. The fourth-order valence-electron chi connectivity index (χ4n) is 2.40. The minimum atomic E-state index is -4.38. The molecule has 0 N–H and O–H groups in total. The molecule has 0 aromatic heterocycles. The van der Waals surface area contributed by atoms with Crippen molar-refractivity contribution in [3.05, 3.63) is 34.3 Å². The number of benzene rings is 1. The number of alkyl halides is 3. The van der Waals surface area contributed by atoms with Crippen LogP contribution in [0.15, 0.2) is 18.2 Å². The number of rotatable bonds is 1. The first-order valence-corrected chi connectivity index (χ1v) is 6.31. The first-order chi connectivity index (χ1) is 8.39. The van der Waals surface area contributed by atoms with Gasteiger partial charge >= 0.3 is 6.18 Å². The summed E-state index contributed by atoms with van der Waals surface area (Å²) in [7, 11) is 2.02. The lowest BCUT2D eigenvalue weighted by molar-refractivity contribution is -0.137. The Labute approximate surface area is 110 Å². The Bertz CT molecular complexity index is 423. The van der Waals surface area contributed by atoms with Gasteiger partial charge in [-0.3, -0.25) is 0 Å². The van der Waals surface area contributed by atoms with E-state index in [0.29, 0.717) is 5.56 Å². The molecule has 0 atom stereocenters. The van der Waals surface area contributed by atoms with Gasteiger partial charge in [-0.15, -0.1) is 0 Å². The van der Waals surface area contributed by atoms with Crippen molar-refractivity contribution in [1.29, 1.82) is 0 Å². The maximum Gasteiger partial charge on any atom is 0.417 e. The fraction of sp³-hybridized carbons (Fsp3) is 0.538. The van der Waals surface area contributed by atoms with Gasteiger partial charge in [-0.1, -0.05) is 23.7 Å². The molecule has 1 saturated heterocycles. The van der Waals surface area contributed by atoms with E-state index in [1.54, 1.807) is 6.07 Å². The quantitative estimate of drug-likeness (QED) is 0.745. The second-order valence-corrected chi connectivity index (χ2v) is 5.16. The third-order valence-electron chi connectivity index (χ3n) is 3.49. The van der Waals surface area contributed by atoms with Gasteiger partial charge in [0.25, 0.3) is 0 Å². The summed E-state index contributed by atoms with van der Waals surface area (Å²) >= 11 is 5.93. The van der Waals surface area contributed by atoms with Crippen molar-refractivity contribution in [2.45, 2.75) is 24.9 Å². The van der Waals surface area contributed by atoms with Crippen LogP contribution in [0.3, 0.4) is 0 Å². The van der Waals surface area contributed by atoms with E-state index >= 15 is 0 Å². The van der Waals surface area contributed by atoms with Gasteiger partial charge in [0, 0.05) is 0 Å². The van der Waals surface area contributed by atoms with Crippen molar-refractivity contribution in [2.75, 3.05) is 20.1 Å². The van der Waals surface area contributed by atoms with Gasteiger partial charge in [-0.25, -0.2) is 0 Å². The minimum Gasteiger partial charge on any atom is -0.306 e. The topological polar surface area (TPSA) is 3.24 Å². The maximum atomic E-state index is 12.8. The summed E-state index contributed by atoms with van der Waals surface area (Å²) in [5.74, 6) is 0.135. The van der Waals surface area contributed by atoms with E-state index in [-0.39, 0.29) is 10.9 Å². The third-order valence-corrected chi connectivity index (χ3v) is 3.91. The van der Waals surface area contributed by atoms with E-state index in [9.17, 15) is 13.2 Å². The number of halogens is 4. The highest BCUT2D eigenvalue weighted by Gasteiger charge is 2.35. The lowest BCUT2D eigenvalue weighted by Crippen LogP contribution is -2.29. The molecular weight excluding hydrogens is 263 g/mol. The van der Waals surface area contributed by atoms with Crippen LogP contribution in [-0.2, 0) is 6.18 Å². The molecule has 0 radical (unpaired) electrons. The molecule has 1 nitrogen and oxygen atoms in total. The highest BCUT2D eigenvalue weighted by molar-refractivity contribution is 6.32. The van der Waals surface area contributed by atoms with E-state index in [1.807, 2.05) is 7.05 Å². The Hall–Kier alpha value is -0.740. The molecule has 1 heterocycles. The van der Waals surface area contributed by atoms with Gasteiger partial charge in [0.2, 0.25) is 0 Å². The summed E-state index contributed by atoms with van der Waals surface area (Å²) < 4.78 is 38.3. The van der Waals surface area contributed by atoms with Crippen molar-refractivity contribution < 1.29 is 13.2 Å². The Kier molecular flexibility index (Phi) is 3.87. The van der Waals surface area contributed by atoms with E-state index in [4.69, 9.17) is 11.6 Å². The molecule has 0 aliphatic carbocycles. The van der Waals surface area contributed by atoms with Crippen LogP contribution < -0.4 is 0 Å². The zero-order chi connectivity index (χ0) is 13.3. The van der Waals surface area contributed by atoms with Crippen LogP contribution >= 0.6 is 11.6 Å². The largest absolute Gasteiger partial charge is 0.417 e. The molecular formula is C13H15ClF3N. The standard InChI is InChI=1S/C13H15ClF3N/c1-18-7-5-9(6-8-18)10-3-2-4-11(12(10)14)13(15,16)17/h2-4,9H,5-8H2,1H3. The minimum absolute atomic E-state index is 0.125. The van der Waals surface area contributed by atoms with Crippen molar-refractivity contribution in [3.63, 3.8) is 0 Å². The molecule has 0 amide bonds. The zero-order valence-corrected chi connectivity index (χ0v) is 10.9. The SMILES string of the molecule is CN1CCC(c2cccc(C(F)(F)F)c2Cl)CC1. The number of likely N-dealkylation sites (tertiary alicyclic amines) is 1. The predicted molar refractivity (Wildman–Crippen MR) is 65.9 cm³/mol. The summed E-state index contributed by atoms with van der Waals surface area (Å²) in [4.78, 5) is 2.18. The first-order valence-electron chi connectivity index (χ1n) is 5.93. The number of hydrogen-bond acceptors (Lipinski definition) is 1. The van der Waals surface area contributed by atoms with Crippen LogP contribution in [-0.4, -0.2) is 25.0 Å². The Morgan fingerprint density at radius 3 is 2.39 bits per heavy atom. The Morgan fingerprint density at radius 2 is 1.83 bits per heavy atom. The van der Waals surface area contributed by atoms with Crippen LogP contribution in [0.1, 0.15) is 29.9 Å². The summed E-state index contributed by atoms with van der Waals surface area (Å²) in [6.45, 7) is 1.80. The first kappa shape index (κ1) is 13.7. The van der Waals surface area contributed by atoms with Gasteiger partial charge in [0.05, 0.1) is 10.6 Å². The number of hydrogen-bond donors (Lipinski definition) is 0. The van der Waals surface area contributed by atoms with E-state index in [1.165, 1.54) is 6.07 Å².